The second-order valence-electron chi connectivity index (χ2n) is 1.49. The summed E-state index contributed by atoms with van der Waals surface area (Å²) in [5.41, 5.74) is 0. The van der Waals surface area contributed by atoms with Gasteiger partial charge in [-0.15, -0.1) is 0 Å². The predicted molar refractivity (Wildman–Crippen MR) is 39.1 cm³/mol. The van der Waals surface area contributed by atoms with Crippen LogP contribution >= 0.6 is 0 Å². The van der Waals surface area contributed by atoms with Gasteiger partial charge in [0.25, 0.3) is 0 Å². The molecule has 0 spiro atoms. The highest BCUT2D eigenvalue weighted by molar-refractivity contribution is 6.33. The molecule has 0 aliphatic carbocycles. The van der Waals surface area contributed by atoms with Gasteiger partial charge >= 0.3 is 6.16 Å². The molecule has 0 aliphatic rings. The first-order chi connectivity index (χ1) is 4.81. The number of hydrogen-bond donors (Lipinski definition) is 0. The van der Waals surface area contributed by atoms with Crippen molar-refractivity contribution in [1.82, 2.24) is 0 Å². The number of carbonyl (C=O) groups excluding carboxylic acids is 1. The zero-order valence-corrected chi connectivity index (χ0v) is 6.92. The largest absolute Gasteiger partial charge is 0.513 e. The molecule has 0 fully saturated rings. The van der Waals surface area contributed by atoms with Crippen molar-refractivity contribution in [3.63, 3.8) is 0 Å². The number of hydrogen-bond acceptors (Lipinski definition) is 3. The minimum Gasteiger partial charge on any atom is -0.434 e. The van der Waals surface area contributed by atoms with E-state index in [9.17, 15) is 4.79 Å². The maximum absolute atomic E-state index is 10.4. The highest BCUT2D eigenvalue weighted by atomic mass is 28.2. The molecule has 0 saturated carbocycles. The van der Waals surface area contributed by atoms with Crippen molar-refractivity contribution in [3.05, 3.63) is 12.8 Å². The summed E-state index contributed by atoms with van der Waals surface area (Å²) in [4.78, 5) is 10.4. The third-order valence-electron chi connectivity index (χ3n) is 0.752. The molecular weight excluding hydrogens is 148 g/mol. The van der Waals surface area contributed by atoms with Crippen LogP contribution in [0, 0.1) is 0 Å². The molecule has 0 saturated heterocycles. The minimum absolute atomic E-state index is 0.432. The number of carbonyl (C=O) groups is 1. The van der Waals surface area contributed by atoms with Crippen LogP contribution in [0.25, 0.3) is 0 Å². The Bertz CT molecular complexity index is 114. The molecule has 4 heteroatoms. The maximum Gasteiger partial charge on any atom is 0.513 e. The summed E-state index contributed by atoms with van der Waals surface area (Å²) in [5.74, 6) is 0. The molecule has 2 radical (unpaired) electrons. The molecule has 0 amide bonds. The molecule has 0 heterocycles. The number of rotatable bonds is 4. The van der Waals surface area contributed by atoms with Crippen molar-refractivity contribution in [2.45, 2.75) is 12.6 Å². The van der Waals surface area contributed by atoms with Crippen molar-refractivity contribution in [1.29, 1.82) is 0 Å². The molecule has 0 bridgehead atoms. The second-order valence-corrected chi connectivity index (χ2v) is 2.69. The average Bonchev–Trinajstić information content (AvgIpc) is 1.89. The van der Waals surface area contributed by atoms with E-state index in [0.29, 0.717) is 6.61 Å². The van der Waals surface area contributed by atoms with Crippen LogP contribution in [0.5, 0.6) is 0 Å². The van der Waals surface area contributed by atoms with Gasteiger partial charge in [-0.3, -0.25) is 0 Å². The van der Waals surface area contributed by atoms with Crippen LogP contribution in [0.3, 0.4) is 0 Å². The third-order valence-corrected chi connectivity index (χ3v) is 1.46. The lowest BCUT2D eigenvalue weighted by Gasteiger charge is -1.99. The van der Waals surface area contributed by atoms with Gasteiger partial charge in [0.1, 0.15) is 0 Å². The predicted octanol–water partition coefficient (Wildman–Crippen LogP) is 1.45. The molecule has 10 heavy (non-hydrogen) atoms. The first kappa shape index (κ1) is 9.23. The van der Waals surface area contributed by atoms with E-state index in [0.717, 1.165) is 21.8 Å². The molecular formula is C6H10O3Si. The standard InChI is InChI=1S/C6H10O3Si/c1-3-8-6(7)9-4-5-10-2/h3H,1,4-5H2,2H3. The summed E-state index contributed by atoms with van der Waals surface area (Å²) in [5, 5.41) is 0. The van der Waals surface area contributed by atoms with Gasteiger partial charge in [-0.05, 0) is 6.04 Å². The lowest BCUT2D eigenvalue weighted by molar-refractivity contribution is 0.0896. The molecule has 0 N–H and O–H groups in total. The van der Waals surface area contributed by atoms with Gasteiger partial charge in [-0.25, -0.2) is 4.79 Å². The number of ether oxygens (including phenoxy) is 2. The van der Waals surface area contributed by atoms with Crippen molar-refractivity contribution in [2.75, 3.05) is 6.61 Å². The monoisotopic (exact) mass is 158 g/mol. The van der Waals surface area contributed by atoms with Crippen LogP contribution < -0.4 is 0 Å². The van der Waals surface area contributed by atoms with Crippen molar-refractivity contribution < 1.29 is 14.3 Å². The Hall–Kier alpha value is -0.773. The van der Waals surface area contributed by atoms with E-state index in [1.165, 1.54) is 0 Å². The van der Waals surface area contributed by atoms with E-state index in [2.05, 4.69) is 16.1 Å². The summed E-state index contributed by atoms with van der Waals surface area (Å²) in [6.45, 7) is 5.68. The first-order valence-corrected chi connectivity index (χ1v) is 4.61. The quantitative estimate of drug-likeness (QED) is 0.269. The Morgan fingerprint density at radius 3 is 3.00 bits per heavy atom. The molecule has 56 valence electrons. The summed E-state index contributed by atoms with van der Waals surface area (Å²) < 4.78 is 8.89. The highest BCUT2D eigenvalue weighted by Gasteiger charge is 1.98. The molecule has 3 nitrogen and oxygen atoms in total. The van der Waals surface area contributed by atoms with E-state index < -0.39 is 6.16 Å². The molecule has 0 aliphatic heterocycles. The Labute approximate surface area is 62.8 Å². The highest BCUT2D eigenvalue weighted by Crippen LogP contribution is 1.87. The van der Waals surface area contributed by atoms with Gasteiger partial charge in [0, 0.05) is 9.52 Å². The van der Waals surface area contributed by atoms with Gasteiger partial charge < -0.3 is 9.47 Å². The van der Waals surface area contributed by atoms with Crippen molar-refractivity contribution in [2.24, 2.45) is 0 Å². The van der Waals surface area contributed by atoms with E-state index in [-0.39, 0.29) is 0 Å². The van der Waals surface area contributed by atoms with Crippen LogP contribution in [0.2, 0.25) is 12.6 Å². The van der Waals surface area contributed by atoms with E-state index >= 15 is 0 Å². The maximum atomic E-state index is 10.4. The van der Waals surface area contributed by atoms with Crippen LogP contribution in [0.15, 0.2) is 12.8 Å². The van der Waals surface area contributed by atoms with E-state index in [1.54, 1.807) is 0 Å². The van der Waals surface area contributed by atoms with E-state index in [4.69, 9.17) is 0 Å². The summed E-state index contributed by atoms with van der Waals surface area (Å²) in [7, 11) is 0.801. The first-order valence-electron chi connectivity index (χ1n) is 2.90. The molecule has 0 rings (SSSR count). The summed E-state index contributed by atoms with van der Waals surface area (Å²) in [6.07, 6.45) is 0.379. The van der Waals surface area contributed by atoms with E-state index in [1.807, 2.05) is 6.55 Å². The molecule has 0 aromatic carbocycles. The normalized spacial score (nSPS) is 8.50. The lowest BCUT2D eigenvalue weighted by atomic mass is 10.8. The van der Waals surface area contributed by atoms with Gasteiger partial charge in [0.05, 0.1) is 12.9 Å². The van der Waals surface area contributed by atoms with Gasteiger partial charge in [-0.1, -0.05) is 13.1 Å². The SMILES string of the molecule is C=COC(=O)OCC[Si]C. The van der Waals surface area contributed by atoms with Crippen LogP contribution in [-0.4, -0.2) is 22.3 Å². The Kier molecular flexibility index (Phi) is 5.86. The topological polar surface area (TPSA) is 35.5 Å². The molecule has 0 aromatic rings. The van der Waals surface area contributed by atoms with Crippen molar-refractivity contribution >= 4 is 15.7 Å². The fourth-order valence-corrected chi connectivity index (χ4v) is 0.645. The Morgan fingerprint density at radius 2 is 2.50 bits per heavy atom. The molecule has 0 unspecified atom stereocenters. The minimum atomic E-state index is -0.673. The Morgan fingerprint density at radius 1 is 1.80 bits per heavy atom. The molecule has 0 aromatic heterocycles. The Balaban J connectivity index is 3.13. The zero-order chi connectivity index (χ0) is 7.82. The van der Waals surface area contributed by atoms with Gasteiger partial charge in [0.2, 0.25) is 0 Å². The summed E-state index contributed by atoms with van der Waals surface area (Å²) in [6, 6.07) is 0.895. The fraction of sp³-hybridized carbons (Fsp3) is 0.500. The summed E-state index contributed by atoms with van der Waals surface area (Å²) >= 11 is 0. The second kappa shape index (κ2) is 6.35. The molecule has 0 atom stereocenters. The van der Waals surface area contributed by atoms with Crippen molar-refractivity contribution in [3.8, 4) is 0 Å². The van der Waals surface area contributed by atoms with Gasteiger partial charge in [0.15, 0.2) is 0 Å². The smallest absolute Gasteiger partial charge is 0.434 e. The van der Waals surface area contributed by atoms with Crippen LogP contribution in [0.1, 0.15) is 0 Å². The average molecular weight is 158 g/mol. The zero-order valence-electron chi connectivity index (χ0n) is 5.92. The van der Waals surface area contributed by atoms with Gasteiger partial charge in [-0.2, -0.15) is 0 Å². The van der Waals surface area contributed by atoms with Crippen LogP contribution in [-0.2, 0) is 9.47 Å². The fourth-order valence-electron chi connectivity index (χ4n) is 0.338. The van der Waals surface area contributed by atoms with Crippen LogP contribution in [0.4, 0.5) is 4.79 Å². The third kappa shape index (κ3) is 5.37. The lowest BCUT2D eigenvalue weighted by Crippen LogP contribution is -2.05.